The summed E-state index contributed by atoms with van der Waals surface area (Å²) < 4.78 is 12.5. The Labute approximate surface area is 122 Å². The molecule has 6 nitrogen and oxygen atoms in total. The number of aromatic nitrogens is 2. The lowest BCUT2D eigenvalue weighted by atomic mass is 10.2. The van der Waals surface area contributed by atoms with Crippen LogP contribution < -0.4 is 5.56 Å². The minimum atomic E-state index is -0.243. The van der Waals surface area contributed by atoms with Gasteiger partial charge in [0.1, 0.15) is 6.61 Å². The van der Waals surface area contributed by atoms with Gasteiger partial charge in [0.05, 0.1) is 12.0 Å². The molecule has 1 atom stereocenters. The van der Waals surface area contributed by atoms with Crippen molar-refractivity contribution in [1.82, 2.24) is 9.55 Å². The molecule has 0 saturated heterocycles. The van der Waals surface area contributed by atoms with Gasteiger partial charge < -0.3 is 14.0 Å². The molecule has 0 aromatic carbocycles. The van der Waals surface area contributed by atoms with Crippen molar-refractivity contribution in [2.45, 2.75) is 32.9 Å². The van der Waals surface area contributed by atoms with Crippen LogP contribution in [0.4, 0.5) is 0 Å². The monoisotopic (exact) mass is 300 g/mol. The molecule has 112 valence electrons. The normalized spacial score (nSPS) is 12.4. The van der Waals surface area contributed by atoms with Crippen LogP contribution in [0.5, 0.6) is 0 Å². The highest BCUT2D eigenvalue weighted by atomic mass is 32.1. The molecule has 0 fully saturated rings. The van der Waals surface area contributed by atoms with Crippen molar-refractivity contribution >= 4 is 18.2 Å². The van der Waals surface area contributed by atoms with Crippen molar-refractivity contribution in [2.24, 2.45) is 5.92 Å². The largest absolute Gasteiger partial charge is 0.463 e. The molecule has 0 unspecified atom stereocenters. The number of ether oxygens (including phenoxy) is 2. The van der Waals surface area contributed by atoms with Gasteiger partial charge in [0.15, 0.2) is 4.77 Å². The van der Waals surface area contributed by atoms with E-state index in [-0.39, 0.29) is 30.2 Å². The zero-order chi connectivity index (χ0) is 15.1. The Balaban J connectivity index is 2.51. The van der Waals surface area contributed by atoms with Crippen LogP contribution in [0.3, 0.4) is 0 Å². The zero-order valence-electron chi connectivity index (χ0n) is 11.9. The molecular formula is C13H20N2O4S. The summed E-state index contributed by atoms with van der Waals surface area (Å²) >= 11 is 5.05. The van der Waals surface area contributed by atoms with Crippen LogP contribution in [0.1, 0.15) is 20.3 Å². The van der Waals surface area contributed by atoms with Crippen molar-refractivity contribution in [3.8, 4) is 0 Å². The maximum Gasteiger partial charge on any atom is 0.308 e. The third-order valence-corrected chi connectivity index (χ3v) is 3.14. The first-order chi connectivity index (χ1) is 9.43. The summed E-state index contributed by atoms with van der Waals surface area (Å²) in [6.07, 6.45) is 2.06. The van der Waals surface area contributed by atoms with Crippen molar-refractivity contribution in [3.63, 3.8) is 0 Å². The highest BCUT2D eigenvalue weighted by Crippen LogP contribution is 2.04. The van der Waals surface area contributed by atoms with E-state index in [0.717, 1.165) is 0 Å². The fourth-order valence-corrected chi connectivity index (χ4v) is 1.77. The van der Waals surface area contributed by atoms with Crippen LogP contribution in [-0.4, -0.2) is 35.3 Å². The number of aryl methyl sites for hydroxylation is 1. The van der Waals surface area contributed by atoms with E-state index in [1.54, 1.807) is 31.7 Å². The summed E-state index contributed by atoms with van der Waals surface area (Å²) in [5.74, 6) is -0.395. The van der Waals surface area contributed by atoms with Gasteiger partial charge in [0, 0.05) is 25.9 Å². The Morgan fingerprint density at radius 2 is 2.20 bits per heavy atom. The average molecular weight is 300 g/mol. The number of esters is 1. The molecule has 1 aromatic heterocycles. The smallest absolute Gasteiger partial charge is 0.308 e. The molecule has 1 heterocycles. The molecule has 0 spiro atoms. The summed E-state index contributed by atoms with van der Waals surface area (Å²) in [5, 5.41) is 0. The number of H-pyrrole nitrogens is 1. The van der Waals surface area contributed by atoms with Crippen molar-refractivity contribution in [3.05, 3.63) is 27.4 Å². The Morgan fingerprint density at radius 1 is 1.50 bits per heavy atom. The molecule has 0 saturated carbocycles. The quantitative estimate of drug-likeness (QED) is 0.610. The second kappa shape index (κ2) is 7.96. The first-order valence-electron chi connectivity index (χ1n) is 6.43. The van der Waals surface area contributed by atoms with Gasteiger partial charge in [0.2, 0.25) is 0 Å². The minimum Gasteiger partial charge on any atom is -0.463 e. The number of methoxy groups -OCH3 is 1. The molecular weight excluding hydrogens is 280 g/mol. The molecule has 0 aliphatic heterocycles. The van der Waals surface area contributed by atoms with Gasteiger partial charge in [-0.15, -0.1) is 0 Å². The van der Waals surface area contributed by atoms with Crippen molar-refractivity contribution < 1.29 is 14.3 Å². The fourth-order valence-electron chi connectivity index (χ4n) is 1.51. The van der Waals surface area contributed by atoms with Gasteiger partial charge in [-0.25, -0.2) is 0 Å². The molecule has 1 rings (SSSR count). The van der Waals surface area contributed by atoms with E-state index in [9.17, 15) is 9.59 Å². The molecule has 0 bridgehead atoms. The summed E-state index contributed by atoms with van der Waals surface area (Å²) in [7, 11) is 1.57. The Morgan fingerprint density at radius 3 is 2.75 bits per heavy atom. The zero-order valence-corrected chi connectivity index (χ0v) is 12.7. The number of hydrogen-bond donors (Lipinski definition) is 1. The first-order valence-corrected chi connectivity index (χ1v) is 6.84. The number of rotatable bonds is 7. The van der Waals surface area contributed by atoms with Crippen LogP contribution in [-0.2, 0) is 20.8 Å². The first kappa shape index (κ1) is 16.6. The lowest BCUT2D eigenvalue weighted by molar-refractivity contribution is -0.151. The molecule has 0 aliphatic rings. The molecule has 1 N–H and O–H groups in total. The third kappa shape index (κ3) is 5.26. The number of nitrogens with zero attached hydrogens (tertiary/aromatic N) is 1. The van der Waals surface area contributed by atoms with Crippen molar-refractivity contribution in [1.29, 1.82) is 0 Å². The molecule has 1 aromatic rings. The van der Waals surface area contributed by atoms with E-state index in [0.29, 0.717) is 17.7 Å². The van der Waals surface area contributed by atoms with Crippen LogP contribution in [0.25, 0.3) is 0 Å². The molecule has 0 aliphatic carbocycles. The number of aromatic amines is 1. The number of nitrogens with one attached hydrogen (secondary N) is 1. The molecule has 7 heteroatoms. The fraction of sp³-hybridized carbons (Fsp3) is 0.615. The minimum absolute atomic E-state index is 0.152. The highest BCUT2D eigenvalue weighted by molar-refractivity contribution is 7.71. The summed E-state index contributed by atoms with van der Waals surface area (Å²) in [6, 6.07) is 1.41. The molecule has 0 amide bonds. The van der Waals surface area contributed by atoms with Crippen molar-refractivity contribution in [2.75, 3.05) is 13.7 Å². The second-order valence-electron chi connectivity index (χ2n) is 4.73. The second-order valence-corrected chi connectivity index (χ2v) is 5.12. The molecule has 20 heavy (non-hydrogen) atoms. The Hall–Kier alpha value is -1.47. The van der Waals surface area contributed by atoms with Crippen LogP contribution in [0.2, 0.25) is 0 Å². The van der Waals surface area contributed by atoms with Crippen LogP contribution in [0, 0.1) is 10.7 Å². The van der Waals surface area contributed by atoms with Gasteiger partial charge >= 0.3 is 5.97 Å². The lowest BCUT2D eigenvalue weighted by Gasteiger charge is -2.17. The number of carbonyl (C=O) groups is 1. The van der Waals surface area contributed by atoms with E-state index in [1.165, 1.54) is 6.07 Å². The maximum atomic E-state index is 11.4. The van der Waals surface area contributed by atoms with E-state index in [1.807, 2.05) is 0 Å². The van der Waals surface area contributed by atoms with Gasteiger partial charge in [-0.2, -0.15) is 0 Å². The van der Waals surface area contributed by atoms with E-state index in [2.05, 4.69) is 4.98 Å². The topological polar surface area (TPSA) is 73.3 Å². The average Bonchev–Trinajstić information content (AvgIpc) is 2.40. The SMILES string of the molecule is CO[C@@H](CCn1ccc(=O)[nH]c1=S)COC(=O)C(C)C. The van der Waals surface area contributed by atoms with Crippen LogP contribution in [0.15, 0.2) is 17.1 Å². The number of hydrogen-bond acceptors (Lipinski definition) is 5. The third-order valence-electron chi connectivity index (χ3n) is 2.81. The molecule has 0 radical (unpaired) electrons. The number of carbonyl (C=O) groups excluding carboxylic acids is 1. The van der Waals surface area contributed by atoms with E-state index < -0.39 is 0 Å². The van der Waals surface area contributed by atoms with Crippen LogP contribution >= 0.6 is 12.2 Å². The van der Waals surface area contributed by atoms with Gasteiger partial charge in [-0.1, -0.05) is 13.8 Å². The Kier molecular flexibility index (Phi) is 6.60. The summed E-state index contributed by atoms with van der Waals surface area (Å²) in [4.78, 5) is 25.0. The predicted molar refractivity (Wildman–Crippen MR) is 77.1 cm³/mol. The summed E-state index contributed by atoms with van der Waals surface area (Å²) in [6.45, 7) is 4.35. The summed E-state index contributed by atoms with van der Waals surface area (Å²) in [5.41, 5.74) is -0.222. The van der Waals surface area contributed by atoms with Gasteiger partial charge in [0.25, 0.3) is 5.56 Å². The standard InChI is InChI=1S/C13H20N2O4S/c1-9(2)12(17)19-8-10(18-3)4-6-15-7-5-11(16)14-13(15)20/h5,7,9-10H,4,6,8H2,1-3H3,(H,14,16,20)/t10-/m0/s1. The Bertz CT molecular complexity index is 550. The van der Waals surface area contributed by atoms with Gasteiger partial charge in [-0.05, 0) is 18.6 Å². The lowest BCUT2D eigenvalue weighted by Crippen LogP contribution is -2.24. The van der Waals surface area contributed by atoms with Gasteiger partial charge in [-0.3, -0.25) is 14.6 Å². The van der Waals surface area contributed by atoms with E-state index >= 15 is 0 Å². The highest BCUT2D eigenvalue weighted by Gasteiger charge is 2.13. The maximum absolute atomic E-state index is 11.4. The van der Waals surface area contributed by atoms with E-state index in [4.69, 9.17) is 21.7 Å². The predicted octanol–water partition coefficient (Wildman–Crippen LogP) is 1.51.